The molecule has 24 heteroatoms. The van der Waals surface area contributed by atoms with E-state index in [0.717, 1.165) is 0 Å². The standard InChI is InChI=1S/3C6H12O6.C5H11NO2.C3H8O3/c7-1-3-4(9)5(10)6(11,2-8)12-3;7-1-2(8)4(10)6(12)5(11)3(1)9;7-1-3(9)5(11)6(12)4(10)2-8;1-6(2,3)4-5(7)8;4-1-3(6)2-5/h3-5,7-11H,1-2H2;1-12H;1,3-6,8-12H,2H2;4H2,1-3H3;3-6H,1-2H2/t3-,4-,5+,6-;1-,2-,3-,4+,5-,6-;3-,4+,5+,6+;;/m1.0../s1. The molecule has 0 radical (unpaired) electrons. The molecule has 302 valence electrons. The first-order chi connectivity index (χ1) is 22.8. The molecule has 1 heterocycles. The number of aliphatic carboxylic acids is 1. The van der Waals surface area contributed by atoms with Crippen LogP contribution in [-0.2, 0) is 14.3 Å². The molecule has 0 unspecified atom stereocenters. The molecular formula is C26H55NO23. The maximum Gasteiger partial charge on any atom is 0.219 e. The number of hydrogen-bond donors (Lipinski definition) is 19. The average molecular weight is 750 g/mol. The topological polar surface area (TPSA) is 451 Å². The van der Waals surface area contributed by atoms with E-state index < -0.39 is 117 Å². The van der Waals surface area contributed by atoms with Gasteiger partial charge in [-0.15, -0.1) is 0 Å². The van der Waals surface area contributed by atoms with Crippen molar-refractivity contribution in [2.45, 2.75) is 91.2 Å². The third kappa shape index (κ3) is 18.7. The van der Waals surface area contributed by atoms with Gasteiger partial charge in [0.2, 0.25) is 5.79 Å². The van der Waals surface area contributed by atoms with Gasteiger partial charge in [0.1, 0.15) is 92.0 Å². The van der Waals surface area contributed by atoms with E-state index in [1.165, 1.54) is 0 Å². The van der Waals surface area contributed by atoms with Gasteiger partial charge >= 0.3 is 0 Å². The molecule has 1 aliphatic heterocycles. The molecule has 1 saturated heterocycles. The second-order valence-electron chi connectivity index (χ2n) is 11.9. The van der Waals surface area contributed by atoms with Gasteiger partial charge in [0.05, 0.1) is 60.1 Å². The van der Waals surface area contributed by atoms with Crippen molar-refractivity contribution in [3.63, 3.8) is 0 Å². The molecule has 1 saturated carbocycles. The molecule has 2 rings (SSSR count). The van der Waals surface area contributed by atoms with Crippen LogP contribution >= 0.6 is 0 Å². The van der Waals surface area contributed by atoms with Crippen molar-refractivity contribution in [1.29, 1.82) is 0 Å². The smallest absolute Gasteiger partial charge is 0.219 e. The van der Waals surface area contributed by atoms with Gasteiger partial charge in [0, 0.05) is 0 Å². The average Bonchev–Trinajstić information content (AvgIpc) is 3.30. The summed E-state index contributed by atoms with van der Waals surface area (Å²) in [5, 5.41) is 176. The van der Waals surface area contributed by atoms with E-state index in [1.54, 1.807) is 21.1 Å². The van der Waals surface area contributed by atoms with E-state index in [-0.39, 0.29) is 26.0 Å². The van der Waals surface area contributed by atoms with Gasteiger partial charge in [-0.1, -0.05) is 0 Å². The second-order valence-corrected chi connectivity index (χ2v) is 11.9. The van der Waals surface area contributed by atoms with Crippen LogP contribution in [-0.4, -0.2) is 266 Å². The van der Waals surface area contributed by atoms with E-state index in [4.69, 9.17) is 91.9 Å². The van der Waals surface area contributed by atoms with Gasteiger partial charge in [-0.2, -0.15) is 0 Å². The lowest BCUT2D eigenvalue weighted by Gasteiger charge is -2.39. The Morgan fingerprint density at radius 1 is 0.720 bits per heavy atom. The molecule has 19 N–H and O–H groups in total. The van der Waals surface area contributed by atoms with Gasteiger partial charge in [0.25, 0.3) is 0 Å². The quantitative estimate of drug-likeness (QED) is 0.0688. The SMILES string of the molecule is C[N+](C)(C)CC(=O)[O-].O=C[C@H](O)[C@@H](O)[C@H](O)[C@H](O)CO.OCC(O)CO.OC[C@H]1O[C@](O)(CO)[C@@H](O)[C@@H]1O.O[C@H]1[C@H](O)[C@@H](O)[C@H](O)[C@@H](O)[C@H]1O. The number of carbonyl (C=O) groups excluding carboxylic acids is 2. The Hall–Kier alpha value is -1.70. The first-order valence-electron chi connectivity index (χ1n) is 14.5. The van der Waals surface area contributed by atoms with Crippen molar-refractivity contribution >= 4 is 12.3 Å². The monoisotopic (exact) mass is 749 g/mol. The van der Waals surface area contributed by atoms with Crippen LogP contribution in [0.1, 0.15) is 0 Å². The number of carboxylic acid groups (broad SMARTS) is 1. The highest BCUT2D eigenvalue weighted by Gasteiger charge is 2.52. The highest BCUT2D eigenvalue weighted by molar-refractivity contribution is 5.65. The predicted octanol–water partition coefficient (Wildman–Crippen LogP) is -13.7. The highest BCUT2D eigenvalue weighted by atomic mass is 16.7. The maximum absolute atomic E-state index is 9.90. The number of hydrogen-bond acceptors (Lipinski definition) is 23. The number of nitrogens with zero attached hydrogens (tertiary/aromatic N) is 1. The van der Waals surface area contributed by atoms with Crippen LogP contribution in [0.25, 0.3) is 0 Å². The summed E-state index contributed by atoms with van der Waals surface area (Å²) in [7, 11) is 5.40. The summed E-state index contributed by atoms with van der Waals surface area (Å²) in [6.45, 7) is -2.78. The summed E-state index contributed by atoms with van der Waals surface area (Å²) in [5.74, 6) is -3.16. The van der Waals surface area contributed by atoms with Crippen LogP contribution in [0.15, 0.2) is 0 Å². The van der Waals surface area contributed by atoms with Gasteiger partial charge in [-0.25, -0.2) is 0 Å². The molecule has 0 aromatic rings. The fourth-order valence-corrected chi connectivity index (χ4v) is 3.42. The maximum atomic E-state index is 9.90. The van der Waals surface area contributed by atoms with E-state index >= 15 is 0 Å². The summed E-state index contributed by atoms with van der Waals surface area (Å²) >= 11 is 0. The Morgan fingerprint density at radius 2 is 1.10 bits per heavy atom. The number of carbonyl (C=O) groups is 2. The van der Waals surface area contributed by atoms with Crippen molar-refractivity contribution in [3.8, 4) is 0 Å². The molecule has 0 aromatic carbocycles. The van der Waals surface area contributed by atoms with E-state index in [0.29, 0.717) is 4.48 Å². The second kappa shape index (κ2) is 25.3. The van der Waals surface area contributed by atoms with Gasteiger partial charge < -0.3 is 121 Å². The van der Waals surface area contributed by atoms with Crippen molar-refractivity contribution in [3.05, 3.63) is 0 Å². The van der Waals surface area contributed by atoms with Crippen LogP contribution in [0.2, 0.25) is 0 Å². The Morgan fingerprint density at radius 3 is 1.26 bits per heavy atom. The van der Waals surface area contributed by atoms with Crippen molar-refractivity contribution < 1.29 is 121 Å². The number of aliphatic hydroxyl groups is 19. The molecular weight excluding hydrogens is 694 g/mol. The van der Waals surface area contributed by atoms with Crippen molar-refractivity contribution in [2.24, 2.45) is 0 Å². The Balaban J connectivity index is -0.000000565. The van der Waals surface area contributed by atoms with Gasteiger partial charge in [0.15, 0.2) is 6.29 Å². The zero-order valence-electron chi connectivity index (χ0n) is 27.5. The molecule has 50 heavy (non-hydrogen) atoms. The minimum atomic E-state index is -2.16. The highest BCUT2D eigenvalue weighted by Crippen LogP contribution is 2.28. The molecule has 0 aromatic heterocycles. The zero-order valence-corrected chi connectivity index (χ0v) is 27.5. The third-order valence-corrected chi connectivity index (χ3v) is 6.47. The largest absolute Gasteiger partial charge is 0.544 e. The minimum Gasteiger partial charge on any atom is -0.544 e. The Labute approximate surface area is 285 Å². The number of carboxylic acids is 1. The lowest BCUT2D eigenvalue weighted by atomic mass is 9.85. The number of rotatable bonds is 11. The fourth-order valence-electron chi connectivity index (χ4n) is 3.42. The normalized spacial score (nSPS) is 33.0. The first kappa shape index (κ1) is 52.7. The van der Waals surface area contributed by atoms with E-state index in [9.17, 15) is 19.8 Å². The molecule has 2 aliphatic rings. The number of ether oxygens (including phenoxy) is 1. The number of likely N-dealkylation sites (N-methyl/N-ethyl adjacent to an activating group) is 1. The predicted molar refractivity (Wildman–Crippen MR) is 157 cm³/mol. The lowest BCUT2D eigenvalue weighted by molar-refractivity contribution is -0.864. The number of aliphatic hydroxyl groups excluding tert-OH is 18. The molecule has 8 atom stereocenters. The molecule has 0 amide bonds. The first-order valence-corrected chi connectivity index (χ1v) is 14.5. The Kier molecular flexibility index (Phi) is 26.7. The molecule has 24 nitrogen and oxygen atoms in total. The van der Waals surface area contributed by atoms with Gasteiger partial charge in [-0.3, -0.25) is 0 Å². The molecule has 1 aliphatic carbocycles. The number of quaternary nitrogens is 1. The summed E-state index contributed by atoms with van der Waals surface area (Å²) < 4.78 is 5.05. The molecule has 0 spiro atoms. The summed E-state index contributed by atoms with van der Waals surface area (Å²) in [6.07, 6.45) is -21.7. The number of aldehydes is 1. The van der Waals surface area contributed by atoms with Crippen LogP contribution in [0, 0.1) is 0 Å². The molecule has 2 fully saturated rings. The molecule has 0 bridgehead atoms. The zero-order chi connectivity index (χ0) is 40.3. The fraction of sp³-hybridized carbons (Fsp3) is 0.923. The van der Waals surface area contributed by atoms with Crippen LogP contribution in [0.3, 0.4) is 0 Å². The van der Waals surface area contributed by atoms with Crippen molar-refractivity contribution in [1.82, 2.24) is 0 Å². The van der Waals surface area contributed by atoms with Crippen LogP contribution < -0.4 is 5.11 Å². The summed E-state index contributed by atoms with van der Waals surface area (Å²) in [5.41, 5.74) is 0. The van der Waals surface area contributed by atoms with Crippen molar-refractivity contribution in [2.75, 3.05) is 60.7 Å². The van der Waals surface area contributed by atoms with Crippen LogP contribution in [0.4, 0.5) is 0 Å². The minimum absolute atomic E-state index is 0.0258. The lowest BCUT2D eigenvalue weighted by Crippen LogP contribution is -2.63. The summed E-state index contributed by atoms with van der Waals surface area (Å²) in [6, 6.07) is 0. The third-order valence-electron chi connectivity index (χ3n) is 6.47. The summed E-state index contributed by atoms with van der Waals surface area (Å²) in [4.78, 5) is 19.8. The van der Waals surface area contributed by atoms with E-state index in [2.05, 4.69) is 4.74 Å². The van der Waals surface area contributed by atoms with E-state index in [1.807, 2.05) is 0 Å². The van der Waals surface area contributed by atoms with Crippen LogP contribution in [0.5, 0.6) is 0 Å². The van der Waals surface area contributed by atoms with Gasteiger partial charge in [-0.05, 0) is 0 Å². The Bertz CT molecular complexity index is 831.